The van der Waals surface area contributed by atoms with Crippen molar-refractivity contribution in [2.45, 2.75) is 20.3 Å². The standard InChI is InChI=1S/C18H18N4O4S2/c1-3-8-22-16(25)14(28-18(22)19-17-21-20-11(2)27-17)9-12-4-6-13(7-5-12)26-10-15(23)24/h4-7,9H,3,8,10H2,1-2H3,(H,23,24)/b14-9+,19-18+. The van der Waals surface area contributed by atoms with Crippen molar-refractivity contribution in [3.05, 3.63) is 39.7 Å². The Morgan fingerprint density at radius 2 is 2.07 bits per heavy atom. The number of nitrogens with zero attached hydrogens (tertiary/aromatic N) is 4. The molecular formula is C18H18N4O4S2. The van der Waals surface area contributed by atoms with Crippen molar-refractivity contribution < 1.29 is 19.4 Å². The number of carbonyl (C=O) groups is 2. The molecule has 0 saturated carbocycles. The Labute approximate surface area is 169 Å². The second-order valence-electron chi connectivity index (χ2n) is 5.82. The van der Waals surface area contributed by atoms with E-state index in [9.17, 15) is 9.59 Å². The highest BCUT2D eigenvalue weighted by Gasteiger charge is 2.33. The lowest BCUT2D eigenvalue weighted by Crippen LogP contribution is -2.29. The van der Waals surface area contributed by atoms with Gasteiger partial charge in [-0.3, -0.25) is 9.69 Å². The van der Waals surface area contributed by atoms with Crippen LogP contribution in [0.5, 0.6) is 5.75 Å². The fourth-order valence-electron chi connectivity index (χ4n) is 2.38. The Bertz CT molecular complexity index is 937. The maximum Gasteiger partial charge on any atom is 0.341 e. The van der Waals surface area contributed by atoms with Gasteiger partial charge >= 0.3 is 5.97 Å². The highest BCUT2D eigenvalue weighted by atomic mass is 32.2. The van der Waals surface area contributed by atoms with Gasteiger partial charge in [-0.05, 0) is 48.9 Å². The van der Waals surface area contributed by atoms with Crippen LogP contribution in [0.4, 0.5) is 5.13 Å². The fourth-order valence-corrected chi connectivity index (χ4v) is 4.01. The van der Waals surface area contributed by atoms with Crippen LogP contribution >= 0.6 is 23.1 Å². The molecule has 0 spiro atoms. The number of carboxylic acid groups (broad SMARTS) is 1. The zero-order valence-electron chi connectivity index (χ0n) is 15.3. The molecule has 8 nitrogen and oxygen atoms in total. The van der Waals surface area contributed by atoms with Gasteiger partial charge in [0.25, 0.3) is 5.91 Å². The van der Waals surface area contributed by atoms with Crippen molar-refractivity contribution in [2.24, 2.45) is 4.99 Å². The van der Waals surface area contributed by atoms with Crippen LogP contribution in [0.2, 0.25) is 0 Å². The summed E-state index contributed by atoms with van der Waals surface area (Å²) in [5, 5.41) is 18.5. The summed E-state index contributed by atoms with van der Waals surface area (Å²) in [6.07, 6.45) is 2.59. The van der Waals surface area contributed by atoms with Crippen molar-refractivity contribution >= 4 is 51.4 Å². The van der Waals surface area contributed by atoms with Crippen molar-refractivity contribution in [3.8, 4) is 5.75 Å². The van der Waals surface area contributed by atoms with E-state index in [0.29, 0.717) is 27.5 Å². The number of aryl methyl sites for hydroxylation is 1. The Morgan fingerprint density at radius 1 is 1.32 bits per heavy atom. The molecule has 1 fully saturated rings. The number of aliphatic carboxylic acids is 1. The van der Waals surface area contributed by atoms with Crippen LogP contribution in [0.25, 0.3) is 6.08 Å². The summed E-state index contributed by atoms with van der Waals surface area (Å²) in [6.45, 7) is 4.03. The number of benzene rings is 1. The second-order valence-corrected chi connectivity index (χ2v) is 7.99. The van der Waals surface area contributed by atoms with E-state index < -0.39 is 12.6 Å². The number of aromatic nitrogens is 2. The first-order chi connectivity index (χ1) is 13.5. The molecule has 10 heteroatoms. The van der Waals surface area contributed by atoms with Crippen molar-refractivity contribution in [2.75, 3.05) is 13.2 Å². The first-order valence-corrected chi connectivity index (χ1v) is 10.1. The monoisotopic (exact) mass is 418 g/mol. The lowest BCUT2D eigenvalue weighted by molar-refractivity contribution is -0.139. The number of hydrogen-bond donors (Lipinski definition) is 1. The summed E-state index contributed by atoms with van der Waals surface area (Å²) in [7, 11) is 0. The average Bonchev–Trinajstić information content (AvgIpc) is 3.20. The number of hydrogen-bond acceptors (Lipinski definition) is 8. The number of carboxylic acids is 1. The largest absolute Gasteiger partial charge is 0.482 e. The molecule has 2 aromatic rings. The van der Waals surface area contributed by atoms with Gasteiger partial charge in [0.05, 0.1) is 4.91 Å². The Hall–Kier alpha value is -2.72. The predicted octanol–water partition coefficient (Wildman–Crippen LogP) is 3.32. The van der Waals surface area contributed by atoms with Gasteiger partial charge in [0.15, 0.2) is 11.8 Å². The van der Waals surface area contributed by atoms with Gasteiger partial charge in [-0.15, -0.1) is 10.2 Å². The molecule has 0 bridgehead atoms. The molecule has 0 radical (unpaired) electrons. The van der Waals surface area contributed by atoms with Crippen LogP contribution in [0.15, 0.2) is 34.2 Å². The van der Waals surface area contributed by atoms with Gasteiger partial charge in [0.2, 0.25) is 5.13 Å². The third-order valence-corrected chi connectivity index (χ3v) is 5.32. The highest BCUT2D eigenvalue weighted by molar-refractivity contribution is 8.18. The number of aliphatic imine (C=N–C) groups is 1. The maximum absolute atomic E-state index is 12.8. The second kappa shape index (κ2) is 8.98. The van der Waals surface area contributed by atoms with Crippen LogP contribution in [0.1, 0.15) is 23.9 Å². The van der Waals surface area contributed by atoms with Crippen molar-refractivity contribution in [1.82, 2.24) is 15.1 Å². The zero-order valence-corrected chi connectivity index (χ0v) is 16.9. The molecule has 1 aliphatic heterocycles. The van der Waals surface area contributed by atoms with Crippen LogP contribution in [0.3, 0.4) is 0 Å². The van der Waals surface area contributed by atoms with E-state index in [1.54, 1.807) is 35.2 Å². The molecule has 28 heavy (non-hydrogen) atoms. The first-order valence-electron chi connectivity index (χ1n) is 8.51. The summed E-state index contributed by atoms with van der Waals surface area (Å²) in [5.41, 5.74) is 0.808. The van der Waals surface area contributed by atoms with E-state index in [2.05, 4.69) is 15.2 Å². The van der Waals surface area contributed by atoms with Gasteiger partial charge in [-0.1, -0.05) is 30.4 Å². The lowest BCUT2D eigenvalue weighted by atomic mass is 10.2. The summed E-state index contributed by atoms with van der Waals surface area (Å²) in [6, 6.07) is 6.88. The summed E-state index contributed by atoms with van der Waals surface area (Å²) in [4.78, 5) is 30.0. The van der Waals surface area contributed by atoms with Gasteiger partial charge in [-0.2, -0.15) is 4.99 Å². The van der Waals surface area contributed by atoms with E-state index in [-0.39, 0.29) is 5.91 Å². The van der Waals surface area contributed by atoms with Crippen LogP contribution in [-0.2, 0) is 9.59 Å². The fraction of sp³-hybridized carbons (Fsp3) is 0.278. The van der Waals surface area contributed by atoms with E-state index in [1.807, 2.05) is 13.8 Å². The number of ether oxygens (including phenoxy) is 1. The Balaban J connectivity index is 1.80. The minimum Gasteiger partial charge on any atom is -0.482 e. The van der Waals surface area contributed by atoms with Crippen molar-refractivity contribution in [1.29, 1.82) is 0 Å². The van der Waals surface area contributed by atoms with Gasteiger partial charge in [0.1, 0.15) is 10.8 Å². The normalized spacial score (nSPS) is 16.9. The third kappa shape index (κ3) is 4.96. The number of amides is 1. The smallest absolute Gasteiger partial charge is 0.341 e. The number of thioether (sulfide) groups is 1. The predicted molar refractivity (Wildman–Crippen MR) is 109 cm³/mol. The minimum atomic E-state index is -1.03. The number of rotatable bonds is 7. The highest BCUT2D eigenvalue weighted by Crippen LogP contribution is 2.34. The van der Waals surface area contributed by atoms with E-state index in [0.717, 1.165) is 17.0 Å². The molecular weight excluding hydrogens is 400 g/mol. The first kappa shape index (κ1) is 20.0. The Morgan fingerprint density at radius 3 is 2.68 bits per heavy atom. The molecule has 1 amide bonds. The quantitative estimate of drug-likeness (QED) is 0.688. The average molecular weight is 419 g/mol. The topological polar surface area (TPSA) is 105 Å². The van der Waals surface area contributed by atoms with Crippen LogP contribution in [0, 0.1) is 6.92 Å². The molecule has 3 rings (SSSR count). The van der Waals surface area contributed by atoms with E-state index in [4.69, 9.17) is 9.84 Å². The molecule has 1 N–H and O–H groups in total. The third-order valence-electron chi connectivity index (χ3n) is 3.58. The zero-order chi connectivity index (χ0) is 20.1. The lowest BCUT2D eigenvalue weighted by Gasteiger charge is -2.13. The van der Waals surface area contributed by atoms with Gasteiger partial charge < -0.3 is 9.84 Å². The molecule has 1 aromatic carbocycles. The SMILES string of the molecule is CCCN1C(=O)/C(=C\c2ccc(OCC(=O)O)cc2)S/C1=N/c1nnc(C)s1. The molecule has 146 valence electrons. The number of carbonyl (C=O) groups excluding carboxylic acids is 1. The Kier molecular flexibility index (Phi) is 6.42. The number of amidine groups is 1. The van der Waals surface area contributed by atoms with Gasteiger partial charge in [0, 0.05) is 6.54 Å². The molecule has 1 aliphatic rings. The van der Waals surface area contributed by atoms with Crippen LogP contribution in [-0.4, -0.2) is 50.4 Å². The maximum atomic E-state index is 12.8. The molecule has 2 heterocycles. The summed E-state index contributed by atoms with van der Waals surface area (Å²) < 4.78 is 5.12. The summed E-state index contributed by atoms with van der Waals surface area (Å²) in [5.74, 6) is -0.679. The molecule has 1 saturated heterocycles. The minimum absolute atomic E-state index is 0.0990. The molecule has 0 aliphatic carbocycles. The van der Waals surface area contributed by atoms with E-state index >= 15 is 0 Å². The van der Waals surface area contributed by atoms with Crippen LogP contribution < -0.4 is 4.74 Å². The summed E-state index contributed by atoms with van der Waals surface area (Å²) >= 11 is 2.67. The molecule has 0 atom stereocenters. The van der Waals surface area contributed by atoms with E-state index in [1.165, 1.54) is 23.1 Å². The molecule has 1 aromatic heterocycles. The van der Waals surface area contributed by atoms with Crippen molar-refractivity contribution in [3.63, 3.8) is 0 Å². The molecule has 0 unspecified atom stereocenters. The van der Waals surface area contributed by atoms with Gasteiger partial charge in [-0.25, -0.2) is 4.79 Å².